The molecule has 0 spiro atoms. The van der Waals surface area contributed by atoms with E-state index in [1.807, 2.05) is 43.5 Å². The summed E-state index contributed by atoms with van der Waals surface area (Å²) in [5.74, 6) is 1.14. The summed E-state index contributed by atoms with van der Waals surface area (Å²) >= 11 is 1.60. The van der Waals surface area contributed by atoms with Crippen molar-refractivity contribution in [2.75, 3.05) is 12.0 Å². The van der Waals surface area contributed by atoms with Gasteiger partial charge in [-0.2, -0.15) is 11.8 Å². The van der Waals surface area contributed by atoms with Gasteiger partial charge >= 0.3 is 6.03 Å². The maximum absolute atomic E-state index is 12.4. The number of para-hydroxylation sites is 1. The molecule has 4 N–H and O–H groups in total. The van der Waals surface area contributed by atoms with Gasteiger partial charge in [-0.15, -0.1) is 0 Å². The highest BCUT2D eigenvalue weighted by atomic mass is 32.2. The van der Waals surface area contributed by atoms with Crippen LogP contribution in [0.4, 0.5) is 4.79 Å². The van der Waals surface area contributed by atoms with E-state index in [9.17, 15) is 9.59 Å². The fourth-order valence-electron chi connectivity index (χ4n) is 2.28. The van der Waals surface area contributed by atoms with Crippen LogP contribution in [0.5, 0.6) is 0 Å². The van der Waals surface area contributed by atoms with E-state index in [2.05, 4.69) is 10.6 Å². The van der Waals surface area contributed by atoms with Crippen molar-refractivity contribution in [3.05, 3.63) is 36.1 Å². The Morgan fingerprint density at radius 1 is 1.30 bits per heavy atom. The van der Waals surface area contributed by atoms with Crippen molar-refractivity contribution in [2.45, 2.75) is 25.4 Å². The van der Waals surface area contributed by atoms with Gasteiger partial charge in [0.15, 0.2) is 0 Å². The van der Waals surface area contributed by atoms with Crippen LogP contribution in [0.25, 0.3) is 11.0 Å². The van der Waals surface area contributed by atoms with Gasteiger partial charge in [0.2, 0.25) is 5.91 Å². The van der Waals surface area contributed by atoms with Crippen molar-refractivity contribution in [1.82, 2.24) is 10.6 Å². The molecule has 0 bridgehead atoms. The van der Waals surface area contributed by atoms with Gasteiger partial charge in [0, 0.05) is 5.39 Å². The Morgan fingerprint density at radius 3 is 2.70 bits per heavy atom. The number of hydrogen-bond donors (Lipinski definition) is 3. The van der Waals surface area contributed by atoms with Crippen molar-refractivity contribution < 1.29 is 14.0 Å². The number of amides is 3. The fraction of sp³-hybridized carbons (Fsp3) is 0.375. The highest BCUT2D eigenvalue weighted by Crippen LogP contribution is 2.23. The Bertz CT molecular complexity index is 653. The van der Waals surface area contributed by atoms with Crippen molar-refractivity contribution >= 4 is 34.7 Å². The molecule has 1 aromatic carbocycles. The first kappa shape index (κ1) is 17.2. The first-order valence-corrected chi connectivity index (χ1v) is 8.74. The molecular formula is C16H21N3O3S. The summed E-state index contributed by atoms with van der Waals surface area (Å²) in [6.07, 6.45) is 2.46. The van der Waals surface area contributed by atoms with Gasteiger partial charge in [0.25, 0.3) is 0 Å². The molecule has 1 aromatic heterocycles. The predicted octanol–water partition coefficient (Wildman–Crippen LogP) is 2.40. The quantitative estimate of drug-likeness (QED) is 0.724. The van der Waals surface area contributed by atoms with Crippen molar-refractivity contribution in [3.8, 4) is 0 Å². The number of furan rings is 1. The maximum Gasteiger partial charge on any atom is 0.312 e. The topological polar surface area (TPSA) is 97.4 Å². The number of carbonyl (C=O) groups is 2. The summed E-state index contributed by atoms with van der Waals surface area (Å²) in [5, 5.41) is 6.32. The Balaban J connectivity index is 2.05. The number of fused-ring (bicyclic) bond motifs is 1. The number of nitrogens with one attached hydrogen (secondary N) is 2. The van der Waals surface area contributed by atoms with E-state index >= 15 is 0 Å². The highest BCUT2D eigenvalue weighted by Gasteiger charge is 2.22. The highest BCUT2D eigenvalue weighted by molar-refractivity contribution is 7.98. The van der Waals surface area contributed by atoms with E-state index in [-0.39, 0.29) is 11.9 Å². The largest absolute Gasteiger partial charge is 0.459 e. The van der Waals surface area contributed by atoms with E-state index < -0.39 is 12.1 Å². The summed E-state index contributed by atoms with van der Waals surface area (Å²) in [4.78, 5) is 23.4. The molecule has 0 aliphatic carbocycles. The molecule has 124 valence electrons. The smallest absolute Gasteiger partial charge is 0.312 e. The molecular weight excluding hydrogens is 314 g/mol. The van der Waals surface area contributed by atoms with Crippen LogP contribution in [0, 0.1) is 0 Å². The van der Waals surface area contributed by atoms with Crippen LogP contribution < -0.4 is 16.4 Å². The van der Waals surface area contributed by atoms with E-state index in [1.165, 1.54) is 0 Å². The molecule has 1 heterocycles. The third kappa shape index (κ3) is 4.66. The van der Waals surface area contributed by atoms with Crippen LogP contribution in [0.1, 0.15) is 25.1 Å². The second kappa shape index (κ2) is 7.92. The zero-order chi connectivity index (χ0) is 16.8. The van der Waals surface area contributed by atoms with Crippen molar-refractivity contribution in [1.29, 1.82) is 0 Å². The molecule has 0 saturated carbocycles. The normalized spacial score (nSPS) is 13.5. The average molecular weight is 335 g/mol. The molecule has 0 aliphatic heterocycles. The molecule has 2 aromatic rings. The lowest BCUT2D eigenvalue weighted by atomic mass is 10.1. The molecule has 3 amide bonds. The number of benzene rings is 1. The Morgan fingerprint density at radius 2 is 2.04 bits per heavy atom. The second-order valence-electron chi connectivity index (χ2n) is 5.26. The second-order valence-corrected chi connectivity index (χ2v) is 6.25. The molecule has 0 aliphatic rings. The van der Waals surface area contributed by atoms with Crippen molar-refractivity contribution in [2.24, 2.45) is 5.73 Å². The van der Waals surface area contributed by atoms with Gasteiger partial charge in [-0.05, 0) is 37.5 Å². The van der Waals surface area contributed by atoms with Gasteiger partial charge in [0.1, 0.15) is 17.4 Å². The number of hydrogen-bond acceptors (Lipinski definition) is 4. The van der Waals surface area contributed by atoms with Crippen LogP contribution in [0.2, 0.25) is 0 Å². The SMILES string of the molecule is CSCCC(NC(N)=O)C(=O)NC(C)c1cc2ccccc2o1. The minimum Gasteiger partial charge on any atom is -0.459 e. The van der Waals surface area contributed by atoms with Crippen LogP contribution >= 0.6 is 11.8 Å². The minimum atomic E-state index is -0.706. The van der Waals surface area contributed by atoms with E-state index in [0.717, 1.165) is 16.7 Å². The summed E-state index contributed by atoms with van der Waals surface area (Å²) in [6, 6.07) is 7.90. The summed E-state index contributed by atoms with van der Waals surface area (Å²) in [7, 11) is 0. The molecule has 2 rings (SSSR count). The van der Waals surface area contributed by atoms with Crippen molar-refractivity contribution in [3.63, 3.8) is 0 Å². The van der Waals surface area contributed by atoms with Gasteiger partial charge in [0.05, 0.1) is 6.04 Å². The first-order valence-electron chi connectivity index (χ1n) is 7.35. The number of nitrogens with two attached hydrogens (primary N) is 1. The Kier molecular flexibility index (Phi) is 5.92. The molecule has 6 nitrogen and oxygen atoms in total. The van der Waals surface area contributed by atoms with E-state index in [4.69, 9.17) is 10.2 Å². The first-order chi connectivity index (χ1) is 11.0. The molecule has 2 atom stereocenters. The summed E-state index contributed by atoms with van der Waals surface area (Å²) < 4.78 is 5.74. The van der Waals surface area contributed by atoms with Gasteiger partial charge in [-0.3, -0.25) is 4.79 Å². The molecule has 23 heavy (non-hydrogen) atoms. The Labute approximate surface area is 139 Å². The van der Waals surface area contributed by atoms with Gasteiger partial charge in [-0.1, -0.05) is 18.2 Å². The van der Waals surface area contributed by atoms with Crippen LogP contribution in [0.15, 0.2) is 34.7 Å². The van der Waals surface area contributed by atoms with Crippen LogP contribution in [-0.4, -0.2) is 30.0 Å². The molecule has 0 saturated heterocycles. The van der Waals surface area contributed by atoms with E-state index in [0.29, 0.717) is 12.2 Å². The van der Waals surface area contributed by atoms with Crippen LogP contribution in [0.3, 0.4) is 0 Å². The third-order valence-electron chi connectivity index (χ3n) is 3.47. The predicted molar refractivity (Wildman–Crippen MR) is 92.3 cm³/mol. The number of thioether (sulfide) groups is 1. The zero-order valence-corrected chi connectivity index (χ0v) is 14.0. The summed E-state index contributed by atoms with van der Waals surface area (Å²) in [6.45, 7) is 1.84. The number of primary amides is 1. The molecule has 0 radical (unpaired) electrons. The maximum atomic E-state index is 12.4. The fourth-order valence-corrected chi connectivity index (χ4v) is 2.75. The lowest BCUT2D eigenvalue weighted by Gasteiger charge is -2.19. The standard InChI is InChI=1S/C16H21N3O3S/c1-10(14-9-11-5-3-4-6-13(11)22-14)18-15(20)12(7-8-23-2)19-16(17)21/h3-6,9-10,12H,7-8H2,1-2H3,(H,18,20)(H3,17,19,21). The molecule has 7 heteroatoms. The summed E-state index contributed by atoms with van der Waals surface area (Å²) in [5.41, 5.74) is 5.92. The third-order valence-corrected chi connectivity index (χ3v) is 4.12. The molecule has 2 unspecified atom stereocenters. The molecule has 0 fully saturated rings. The van der Waals surface area contributed by atoms with Crippen LogP contribution in [-0.2, 0) is 4.79 Å². The monoisotopic (exact) mass is 335 g/mol. The average Bonchev–Trinajstić information content (AvgIpc) is 2.95. The minimum absolute atomic E-state index is 0.272. The lowest BCUT2D eigenvalue weighted by Crippen LogP contribution is -2.49. The van der Waals surface area contributed by atoms with Gasteiger partial charge < -0.3 is 20.8 Å². The van der Waals surface area contributed by atoms with Gasteiger partial charge in [-0.25, -0.2) is 4.79 Å². The number of rotatable bonds is 7. The Hall–Kier alpha value is -2.15. The van der Waals surface area contributed by atoms with E-state index in [1.54, 1.807) is 11.8 Å². The lowest BCUT2D eigenvalue weighted by molar-refractivity contribution is -0.123. The number of urea groups is 1. The number of carbonyl (C=O) groups excluding carboxylic acids is 2. The zero-order valence-electron chi connectivity index (χ0n) is 13.2.